The predicted molar refractivity (Wildman–Crippen MR) is 121 cm³/mol. The molecule has 2 heterocycles. The van der Waals surface area contributed by atoms with E-state index in [4.69, 9.17) is 0 Å². The number of fused-ring (bicyclic) bond motifs is 6. The summed E-state index contributed by atoms with van der Waals surface area (Å²) in [6.45, 7) is 6.64. The summed E-state index contributed by atoms with van der Waals surface area (Å²) >= 11 is 0. The summed E-state index contributed by atoms with van der Waals surface area (Å²) in [5, 5.41) is 5.35. The molecule has 0 bridgehead atoms. The predicted octanol–water partition coefficient (Wildman–Crippen LogP) is 7.43. The van der Waals surface area contributed by atoms with Gasteiger partial charge in [-0.1, -0.05) is 54.1 Å². The van der Waals surface area contributed by atoms with Gasteiger partial charge in [0.15, 0.2) is 0 Å². The highest BCUT2D eigenvalue weighted by atomic mass is 14.9. The molecule has 2 aromatic heterocycles. The number of benzene rings is 4. The number of hydrogen-bond acceptors (Lipinski definition) is 0. The molecule has 6 rings (SSSR count). The van der Waals surface area contributed by atoms with Crippen molar-refractivity contribution in [2.45, 2.75) is 20.8 Å². The second kappa shape index (κ2) is 5.36. The molecule has 134 valence electrons. The van der Waals surface area contributed by atoms with Crippen LogP contribution in [0, 0.1) is 20.8 Å². The molecule has 1 nitrogen and oxygen atoms in total. The molecule has 6 aromatic rings. The quantitative estimate of drug-likeness (QED) is 0.287. The Balaban J connectivity index is 1.87. The number of nitrogens with zero attached hydrogens (tertiary/aromatic N) is 1. The molecule has 0 atom stereocenters. The third kappa shape index (κ3) is 1.91. The average Bonchev–Trinajstić information content (AvgIpc) is 3.18. The van der Waals surface area contributed by atoms with Gasteiger partial charge in [-0.05, 0) is 67.3 Å². The van der Waals surface area contributed by atoms with Crippen LogP contribution in [0.3, 0.4) is 0 Å². The van der Waals surface area contributed by atoms with Crippen LogP contribution in [0.4, 0.5) is 0 Å². The van der Waals surface area contributed by atoms with Gasteiger partial charge in [-0.15, -0.1) is 0 Å². The van der Waals surface area contributed by atoms with E-state index in [2.05, 4.69) is 98.0 Å². The Bertz CT molecular complexity index is 1420. The zero-order chi connectivity index (χ0) is 19.0. The fourth-order valence-electron chi connectivity index (χ4n) is 5.23. The van der Waals surface area contributed by atoms with Crippen molar-refractivity contribution in [1.82, 2.24) is 4.40 Å². The molecule has 0 radical (unpaired) electrons. The van der Waals surface area contributed by atoms with Crippen LogP contribution in [0.2, 0.25) is 0 Å². The fourth-order valence-corrected chi connectivity index (χ4v) is 5.23. The monoisotopic (exact) mass is 359 g/mol. The van der Waals surface area contributed by atoms with Crippen LogP contribution in [0.25, 0.3) is 49.2 Å². The first-order chi connectivity index (χ1) is 13.6. The lowest BCUT2D eigenvalue weighted by molar-refractivity contribution is 1.32. The van der Waals surface area contributed by atoms with Crippen molar-refractivity contribution in [3.05, 3.63) is 89.5 Å². The molecule has 0 aliphatic carbocycles. The Morgan fingerprint density at radius 2 is 1.07 bits per heavy atom. The summed E-state index contributed by atoms with van der Waals surface area (Å²) in [7, 11) is 0. The van der Waals surface area contributed by atoms with Crippen molar-refractivity contribution in [1.29, 1.82) is 0 Å². The second-order valence-corrected chi connectivity index (χ2v) is 8.06. The first kappa shape index (κ1) is 15.7. The molecular formula is C27H21N. The summed E-state index contributed by atoms with van der Waals surface area (Å²) in [6.07, 6.45) is 0. The molecule has 0 aliphatic rings. The Morgan fingerprint density at radius 1 is 0.571 bits per heavy atom. The first-order valence-corrected chi connectivity index (χ1v) is 9.88. The topological polar surface area (TPSA) is 4.41 Å². The van der Waals surface area contributed by atoms with E-state index in [1.807, 2.05) is 0 Å². The van der Waals surface area contributed by atoms with Gasteiger partial charge in [0.1, 0.15) is 0 Å². The van der Waals surface area contributed by atoms with Gasteiger partial charge in [-0.3, -0.25) is 0 Å². The normalized spacial score (nSPS) is 12.1. The van der Waals surface area contributed by atoms with E-state index in [1.165, 1.54) is 65.9 Å². The van der Waals surface area contributed by atoms with E-state index in [0.29, 0.717) is 0 Å². The van der Waals surface area contributed by atoms with Gasteiger partial charge in [0.2, 0.25) is 0 Å². The summed E-state index contributed by atoms with van der Waals surface area (Å²) in [6, 6.07) is 26.9. The number of rotatable bonds is 1. The molecule has 28 heavy (non-hydrogen) atoms. The minimum Gasteiger partial charge on any atom is -0.308 e. The van der Waals surface area contributed by atoms with Gasteiger partial charge in [0.25, 0.3) is 0 Å². The van der Waals surface area contributed by atoms with Crippen molar-refractivity contribution < 1.29 is 0 Å². The maximum Gasteiger partial charge on any atom is 0.0620 e. The fraction of sp³-hybridized carbons (Fsp3) is 0.111. The molecule has 0 saturated carbocycles. The van der Waals surface area contributed by atoms with Crippen LogP contribution in [-0.2, 0) is 0 Å². The van der Waals surface area contributed by atoms with E-state index in [-0.39, 0.29) is 0 Å². The maximum atomic E-state index is 2.44. The van der Waals surface area contributed by atoms with Gasteiger partial charge in [0.05, 0.1) is 16.6 Å². The lowest BCUT2D eigenvalue weighted by atomic mass is 9.92. The SMILES string of the molecule is Cc1cc(C)c(-c2cc3c4ccccc4n4c5ccccc5c(c2)c34)c(C)c1. The zero-order valence-corrected chi connectivity index (χ0v) is 16.4. The van der Waals surface area contributed by atoms with Gasteiger partial charge < -0.3 is 4.40 Å². The van der Waals surface area contributed by atoms with Crippen molar-refractivity contribution in [3.63, 3.8) is 0 Å². The van der Waals surface area contributed by atoms with Crippen LogP contribution in [0.15, 0.2) is 72.8 Å². The standard InChI is InChI=1S/C27H21N/c1-16-12-17(2)26(18(3)13-16)19-14-22-20-8-4-6-10-24(20)28-25-11-7-5-9-21(25)23(15-19)27(22)28/h4-15H,1-3H3. The van der Waals surface area contributed by atoms with Gasteiger partial charge in [-0.2, -0.15) is 0 Å². The Morgan fingerprint density at radius 3 is 1.61 bits per heavy atom. The van der Waals surface area contributed by atoms with Crippen molar-refractivity contribution in [3.8, 4) is 11.1 Å². The van der Waals surface area contributed by atoms with E-state index >= 15 is 0 Å². The smallest absolute Gasteiger partial charge is 0.0620 e. The summed E-state index contributed by atoms with van der Waals surface area (Å²) in [5.41, 5.74) is 10.6. The lowest BCUT2D eigenvalue weighted by Crippen LogP contribution is -1.90. The Labute approximate surface area is 164 Å². The van der Waals surface area contributed by atoms with E-state index in [9.17, 15) is 0 Å². The van der Waals surface area contributed by atoms with Crippen LogP contribution in [0.5, 0.6) is 0 Å². The third-order valence-electron chi connectivity index (χ3n) is 6.17. The first-order valence-electron chi connectivity index (χ1n) is 9.88. The van der Waals surface area contributed by atoms with Gasteiger partial charge >= 0.3 is 0 Å². The molecule has 0 fully saturated rings. The summed E-state index contributed by atoms with van der Waals surface area (Å²) < 4.78 is 2.44. The minimum atomic E-state index is 1.29. The van der Waals surface area contributed by atoms with Crippen molar-refractivity contribution >= 4 is 38.1 Å². The Kier molecular flexibility index (Phi) is 3.01. The molecule has 0 saturated heterocycles. The van der Waals surface area contributed by atoms with Crippen LogP contribution >= 0.6 is 0 Å². The van der Waals surface area contributed by atoms with Gasteiger partial charge in [0, 0.05) is 21.5 Å². The van der Waals surface area contributed by atoms with Gasteiger partial charge in [-0.25, -0.2) is 0 Å². The number of aromatic nitrogens is 1. The maximum absolute atomic E-state index is 2.44. The largest absolute Gasteiger partial charge is 0.308 e. The highest BCUT2D eigenvalue weighted by Gasteiger charge is 2.19. The zero-order valence-electron chi connectivity index (χ0n) is 16.4. The average molecular weight is 359 g/mol. The lowest BCUT2D eigenvalue weighted by Gasteiger charge is -2.12. The van der Waals surface area contributed by atoms with Crippen LogP contribution < -0.4 is 0 Å². The van der Waals surface area contributed by atoms with Crippen molar-refractivity contribution in [2.75, 3.05) is 0 Å². The molecular weight excluding hydrogens is 338 g/mol. The molecule has 1 heteroatoms. The van der Waals surface area contributed by atoms with Crippen LogP contribution in [-0.4, -0.2) is 4.40 Å². The van der Waals surface area contributed by atoms with E-state index in [1.54, 1.807) is 0 Å². The third-order valence-corrected chi connectivity index (χ3v) is 6.17. The molecule has 0 aliphatic heterocycles. The number of para-hydroxylation sites is 2. The molecule has 0 unspecified atom stereocenters. The molecule has 4 aromatic carbocycles. The minimum absolute atomic E-state index is 1.29. The highest BCUT2D eigenvalue weighted by Crippen LogP contribution is 2.42. The summed E-state index contributed by atoms with van der Waals surface area (Å²) in [4.78, 5) is 0. The van der Waals surface area contributed by atoms with E-state index in [0.717, 1.165) is 0 Å². The molecule has 0 N–H and O–H groups in total. The summed E-state index contributed by atoms with van der Waals surface area (Å²) in [5.74, 6) is 0. The Hall–Kier alpha value is -3.32. The van der Waals surface area contributed by atoms with E-state index < -0.39 is 0 Å². The van der Waals surface area contributed by atoms with Crippen molar-refractivity contribution in [2.24, 2.45) is 0 Å². The molecule has 0 spiro atoms. The van der Waals surface area contributed by atoms with Crippen LogP contribution in [0.1, 0.15) is 16.7 Å². The number of hydrogen-bond donors (Lipinski definition) is 0. The number of aryl methyl sites for hydroxylation is 3. The highest BCUT2D eigenvalue weighted by molar-refractivity contribution is 6.24. The second-order valence-electron chi connectivity index (χ2n) is 8.06. The molecule has 0 amide bonds.